The number of carbonyl (C=O) groups excluding carboxylic acids is 1. The molecule has 0 amide bonds. The van der Waals surface area contributed by atoms with Crippen LogP contribution >= 0.6 is 0 Å². The van der Waals surface area contributed by atoms with E-state index in [1.165, 1.54) is 62.6 Å². The number of esters is 1. The summed E-state index contributed by atoms with van der Waals surface area (Å²) in [6.07, 6.45) is 7.79. The zero-order valence-electron chi connectivity index (χ0n) is 13.6. The van der Waals surface area contributed by atoms with E-state index in [-0.39, 0.29) is 29.9 Å². The highest BCUT2D eigenvalue weighted by atomic mass is 127. The first-order valence-corrected chi connectivity index (χ1v) is 8.27. The van der Waals surface area contributed by atoms with Crippen LogP contribution in [0.3, 0.4) is 0 Å². The highest BCUT2D eigenvalue weighted by Crippen LogP contribution is 2.38. The van der Waals surface area contributed by atoms with Crippen LogP contribution in [0.1, 0.15) is 52.4 Å². The van der Waals surface area contributed by atoms with E-state index in [0.29, 0.717) is 18.1 Å². The Morgan fingerprint density at radius 2 is 1.95 bits per heavy atom. The van der Waals surface area contributed by atoms with Gasteiger partial charge in [-0.2, -0.15) is 0 Å². The Hall–Kier alpha value is -0.100. The van der Waals surface area contributed by atoms with Crippen molar-refractivity contribution < 1.29 is 38.0 Å². The van der Waals surface area contributed by atoms with Crippen molar-refractivity contribution in [3.05, 3.63) is 12.2 Å². The fraction of sp³-hybridized carbons (Fsp3) is 0.824. The third kappa shape index (κ3) is 4.44. The predicted octanol–water partition coefficient (Wildman–Crippen LogP) is 0.299. The lowest BCUT2D eigenvalue weighted by Gasteiger charge is -2.53. The van der Waals surface area contributed by atoms with Gasteiger partial charge in [-0.25, -0.2) is 4.79 Å². The van der Waals surface area contributed by atoms with Gasteiger partial charge in [-0.05, 0) is 39.0 Å². The molecule has 3 nitrogen and oxygen atoms in total. The van der Waals surface area contributed by atoms with Crippen molar-refractivity contribution >= 4 is 5.97 Å². The number of halogens is 1. The van der Waals surface area contributed by atoms with Crippen LogP contribution in [0, 0.1) is 5.92 Å². The molecule has 0 unspecified atom stereocenters. The molecule has 0 aromatic carbocycles. The van der Waals surface area contributed by atoms with Gasteiger partial charge in [0.15, 0.2) is 0 Å². The van der Waals surface area contributed by atoms with E-state index in [4.69, 9.17) is 4.74 Å². The number of ether oxygens (including phenoxy) is 1. The quantitative estimate of drug-likeness (QED) is 0.284. The molecule has 3 atom stereocenters. The number of carbonyl (C=O) groups is 1. The number of piperidine rings is 2. The molecule has 0 saturated carbocycles. The molecule has 2 saturated heterocycles. The lowest BCUT2D eigenvalue weighted by molar-refractivity contribution is -0.964. The smallest absolute Gasteiger partial charge is 0.333 e. The summed E-state index contributed by atoms with van der Waals surface area (Å²) in [4.78, 5) is 11.6. The molecule has 0 bridgehead atoms. The monoisotopic (exact) mass is 407 g/mol. The predicted molar refractivity (Wildman–Crippen MR) is 81.3 cm³/mol. The Labute approximate surface area is 146 Å². The Morgan fingerprint density at radius 3 is 2.62 bits per heavy atom. The van der Waals surface area contributed by atoms with Crippen LogP contribution in [0.25, 0.3) is 0 Å². The normalized spacial score (nSPS) is 31.7. The number of rotatable bonds is 5. The molecule has 0 aliphatic carbocycles. The fourth-order valence-electron chi connectivity index (χ4n) is 4.38. The van der Waals surface area contributed by atoms with E-state index in [0.717, 1.165) is 6.04 Å². The van der Waals surface area contributed by atoms with Crippen molar-refractivity contribution in [2.75, 3.05) is 26.2 Å². The first-order chi connectivity index (χ1) is 9.59. The van der Waals surface area contributed by atoms with Crippen LogP contribution in [0.4, 0.5) is 0 Å². The molecule has 21 heavy (non-hydrogen) atoms. The standard InChI is InChI=1S/C17H30NO2.HI/c1-4-10-18-11-6-5-9-16(18)15(8-7-12-18)13-20-17(19)14(2)3;/h15-16H,2,4-13H2,1,3H3;1H/q+1;/p-1/t15-,16+,18-;/m1./s1. The lowest BCUT2D eigenvalue weighted by atomic mass is 9.81. The van der Waals surface area contributed by atoms with Gasteiger partial charge >= 0.3 is 5.97 Å². The molecule has 0 aromatic rings. The van der Waals surface area contributed by atoms with E-state index in [1.54, 1.807) is 6.92 Å². The maximum Gasteiger partial charge on any atom is 0.333 e. The van der Waals surface area contributed by atoms with Crippen molar-refractivity contribution in [1.82, 2.24) is 0 Å². The average molecular weight is 407 g/mol. The summed E-state index contributed by atoms with van der Waals surface area (Å²) in [5, 5.41) is 0. The van der Waals surface area contributed by atoms with Crippen molar-refractivity contribution in [2.24, 2.45) is 5.92 Å². The molecule has 0 spiro atoms. The molecule has 2 fully saturated rings. The van der Waals surface area contributed by atoms with Gasteiger partial charge in [0.25, 0.3) is 0 Å². The first kappa shape index (κ1) is 18.9. The van der Waals surface area contributed by atoms with E-state index >= 15 is 0 Å². The van der Waals surface area contributed by atoms with Gasteiger partial charge in [0.2, 0.25) is 0 Å². The summed E-state index contributed by atoms with van der Waals surface area (Å²) in [6.45, 7) is 12.3. The van der Waals surface area contributed by atoms with E-state index in [9.17, 15) is 4.79 Å². The molecular weight excluding hydrogens is 377 g/mol. The first-order valence-electron chi connectivity index (χ1n) is 8.27. The summed E-state index contributed by atoms with van der Waals surface area (Å²) in [5.41, 5.74) is 0.513. The molecule has 0 aromatic heterocycles. The Kier molecular flexibility index (Phi) is 7.68. The Bertz CT molecular complexity index is 362. The van der Waals surface area contributed by atoms with Crippen molar-refractivity contribution in [3.63, 3.8) is 0 Å². The highest BCUT2D eigenvalue weighted by molar-refractivity contribution is 5.86. The van der Waals surface area contributed by atoms with Gasteiger partial charge in [0, 0.05) is 17.9 Å². The molecule has 0 N–H and O–H groups in total. The van der Waals surface area contributed by atoms with Gasteiger partial charge in [-0.3, -0.25) is 0 Å². The molecule has 2 heterocycles. The van der Waals surface area contributed by atoms with Gasteiger partial charge in [0.1, 0.15) is 6.61 Å². The minimum Gasteiger partial charge on any atom is -1.00 e. The van der Waals surface area contributed by atoms with Crippen LogP contribution in [0.5, 0.6) is 0 Å². The largest absolute Gasteiger partial charge is 1.00 e. The molecule has 2 aliphatic heterocycles. The molecule has 0 radical (unpaired) electrons. The van der Waals surface area contributed by atoms with Crippen LogP contribution in [-0.2, 0) is 9.53 Å². The third-order valence-electron chi connectivity index (χ3n) is 5.23. The SMILES string of the molecule is C=C(C)C(=O)OC[C@H]1CCC[N@@+]2(CCC)CCCC[C@@H]12.[I-]. The maximum atomic E-state index is 11.6. The van der Waals surface area contributed by atoms with E-state index in [1.807, 2.05) is 0 Å². The minimum atomic E-state index is -0.222. The van der Waals surface area contributed by atoms with Crippen molar-refractivity contribution in [1.29, 1.82) is 0 Å². The van der Waals surface area contributed by atoms with Crippen LogP contribution in [-0.4, -0.2) is 42.7 Å². The fourth-order valence-corrected chi connectivity index (χ4v) is 4.38. The van der Waals surface area contributed by atoms with Gasteiger partial charge in [-0.1, -0.05) is 13.5 Å². The number of fused-ring (bicyclic) bond motifs is 1. The number of nitrogens with zero attached hydrogens (tertiary/aromatic N) is 1. The van der Waals surface area contributed by atoms with Crippen LogP contribution in [0.15, 0.2) is 12.2 Å². The van der Waals surface area contributed by atoms with Crippen LogP contribution in [0.2, 0.25) is 0 Å². The summed E-state index contributed by atoms with van der Waals surface area (Å²) in [6, 6.07) is 0.718. The zero-order chi connectivity index (χ0) is 14.6. The number of hydrogen-bond acceptors (Lipinski definition) is 2. The molecule has 122 valence electrons. The summed E-state index contributed by atoms with van der Waals surface area (Å²) < 4.78 is 6.76. The van der Waals surface area contributed by atoms with Gasteiger partial charge in [0.05, 0.1) is 25.7 Å². The third-order valence-corrected chi connectivity index (χ3v) is 5.23. The zero-order valence-corrected chi connectivity index (χ0v) is 15.7. The Balaban J connectivity index is 0.00000220. The number of quaternary nitrogens is 1. The summed E-state index contributed by atoms with van der Waals surface area (Å²) in [5.74, 6) is 0.332. The van der Waals surface area contributed by atoms with Crippen molar-refractivity contribution in [3.8, 4) is 0 Å². The van der Waals surface area contributed by atoms with Crippen LogP contribution < -0.4 is 24.0 Å². The molecular formula is C17H30INO2. The van der Waals surface area contributed by atoms with E-state index < -0.39 is 0 Å². The van der Waals surface area contributed by atoms with Gasteiger partial charge < -0.3 is 33.2 Å². The highest BCUT2D eigenvalue weighted by Gasteiger charge is 2.46. The lowest BCUT2D eigenvalue weighted by Crippen LogP contribution is -3.00. The summed E-state index contributed by atoms with van der Waals surface area (Å²) >= 11 is 0. The second-order valence-corrected chi connectivity index (χ2v) is 6.73. The second kappa shape index (κ2) is 8.51. The van der Waals surface area contributed by atoms with E-state index in [2.05, 4.69) is 13.5 Å². The molecule has 2 rings (SSSR count). The molecule has 4 heteroatoms. The second-order valence-electron chi connectivity index (χ2n) is 6.73. The maximum absolute atomic E-state index is 11.6. The topological polar surface area (TPSA) is 26.3 Å². The number of hydrogen-bond donors (Lipinski definition) is 0. The minimum absolute atomic E-state index is 0. The Morgan fingerprint density at radius 1 is 1.24 bits per heavy atom. The van der Waals surface area contributed by atoms with Gasteiger partial charge in [-0.15, -0.1) is 0 Å². The summed E-state index contributed by atoms with van der Waals surface area (Å²) in [7, 11) is 0. The van der Waals surface area contributed by atoms with Crippen molar-refractivity contribution in [2.45, 2.75) is 58.4 Å². The molecule has 2 aliphatic rings. The average Bonchev–Trinajstić information content (AvgIpc) is 2.44.